The van der Waals surface area contributed by atoms with Gasteiger partial charge in [-0.25, -0.2) is 8.42 Å². The molecule has 10 heteroatoms. The van der Waals surface area contributed by atoms with Gasteiger partial charge in [-0.15, -0.1) is 10.2 Å². The van der Waals surface area contributed by atoms with Gasteiger partial charge in [-0.1, -0.05) is 49.9 Å². The van der Waals surface area contributed by atoms with Crippen LogP contribution in [0.2, 0.25) is 0 Å². The van der Waals surface area contributed by atoms with Crippen molar-refractivity contribution in [3.8, 4) is 0 Å². The number of aryl methyl sites for hydroxylation is 1. The van der Waals surface area contributed by atoms with E-state index in [4.69, 9.17) is 0 Å². The molecule has 158 valence electrons. The molecule has 1 fully saturated rings. The van der Waals surface area contributed by atoms with Crippen LogP contribution in [0.25, 0.3) is 0 Å². The summed E-state index contributed by atoms with van der Waals surface area (Å²) in [5.74, 6) is 0.149. The summed E-state index contributed by atoms with van der Waals surface area (Å²) in [4.78, 5) is 12.9. The average Bonchev–Trinajstić information content (AvgIpc) is 3.08. The molecule has 1 aromatic heterocycles. The van der Waals surface area contributed by atoms with E-state index in [2.05, 4.69) is 36.3 Å². The van der Waals surface area contributed by atoms with Gasteiger partial charge in [0.25, 0.3) is 5.91 Å². The largest absolute Gasteiger partial charge is 0.296 e. The number of anilines is 1. The summed E-state index contributed by atoms with van der Waals surface area (Å²) in [5.41, 5.74) is 1.03. The minimum absolute atomic E-state index is 0.149. The number of piperidine rings is 1. The number of hydrogen-bond acceptors (Lipinski definition) is 7. The summed E-state index contributed by atoms with van der Waals surface area (Å²) in [7, 11) is -3.62. The molecule has 0 radical (unpaired) electrons. The molecule has 29 heavy (non-hydrogen) atoms. The Kier molecular flexibility index (Phi) is 6.98. The van der Waals surface area contributed by atoms with Gasteiger partial charge in [0.1, 0.15) is 0 Å². The highest BCUT2D eigenvalue weighted by molar-refractivity contribution is 8.01. The van der Waals surface area contributed by atoms with Crippen molar-refractivity contribution >= 4 is 44.2 Å². The van der Waals surface area contributed by atoms with E-state index in [1.54, 1.807) is 30.8 Å². The zero-order chi connectivity index (χ0) is 21.2. The van der Waals surface area contributed by atoms with Crippen LogP contribution in [0, 0.1) is 12.8 Å². The van der Waals surface area contributed by atoms with Crippen molar-refractivity contribution < 1.29 is 13.2 Å². The number of rotatable bonds is 6. The van der Waals surface area contributed by atoms with Crippen LogP contribution in [0.5, 0.6) is 0 Å². The molecule has 0 bridgehead atoms. The number of hydrogen-bond donors (Lipinski definition) is 1. The van der Waals surface area contributed by atoms with Gasteiger partial charge in [0, 0.05) is 23.9 Å². The van der Waals surface area contributed by atoms with Gasteiger partial charge < -0.3 is 0 Å². The third-order valence-electron chi connectivity index (χ3n) is 4.80. The topological polar surface area (TPSA) is 92.3 Å². The maximum Gasteiger partial charge on any atom is 0.257 e. The van der Waals surface area contributed by atoms with Crippen LogP contribution in [-0.2, 0) is 10.0 Å². The molecule has 1 saturated heterocycles. The molecule has 1 amide bonds. The Morgan fingerprint density at radius 1 is 1.28 bits per heavy atom. The van der Waals surface area contributed by atoms with Gasteiger partial charge in [-0.2, -0.15) is 4.31 Å². The Labute approximate surface area is 180 Å². The van der Waals surface area contributed by atoms with Crippen molar-refractivity contribution in [1.82, 2.24) is 14.5 Å². The zero-order valence-corrected chi connectivity index (χ0v) is 19.5. The van der Waals surface area contributed by atoms with Crippen molar-refractivity contribution in [3.05, 3.63) is 29.3 Å². The number of carbonyl (C=O) groups excluding carboxylic acids is 1. The van der Waals surface area contributed by atoms with Crippen LogP contribution >= 0.6 is 23.1 Å². The second-order valence-electron chi connectivity index (χ2n) is 7.56. The van der Waals surface area contributed by atoms with Crippen molar-refractivity contribution in [2.75, 3.05) is 18.4 Å². The predicted octanol–water partition coefficient (Wildman–Crippen LogP) is 4.02. The monoisotopic (exact) mass is 454 g/mol. The molecule has 1 aliphatic heterocycles. The number of sulfonamides is 1. The summed E-state index contributed by atoms with van der Waals surface area (Å²) in [5, 5.41) is 11.6. The van der Waals surface area contributed by atoms with Crippen LogP contribution < -0.4 is 5.32 Å². The van der Waals surface area contributed by atoms with E-state index in [9.17, 15) is 13.2 Å². The average molecular weight is 455 g/mol. The van der Waals surface area contributed by atoms with Crippen LogP contribution in [0.4, 0.5) is 5.13 Å². The molecule has 2 aromatic rings. The number of carbonyl (C=O) groups is 1. The van der Waals surface area contributed by atoms with E-state index in [1.165, 1.54) is 21.7 Å². The fraction of sp³-hybridized carbons (Fsp3) is 0.526. The van der Waals surface area contributed by atoms with Gasteiger partial charge in [0.2, 0.25) is 15.2 Å². The molecular weight excluding hydrogens is 428 g/mol. The molecule has 0 spiro atoms. The third-order valence-corrected chi connectivity index (χ3v) is 8.62. The van der Waals surface area contributed by atoms with Crippen molar-refractivity contribution in [3.63, 3.8) is 0 Å². The first kappa shape index (κ1) is 22.2. The minimum Gasteiger partial charge on any atom is -0.296 e. The number of aromatic nitrogens is 2. The number of amides is 1. The van der Waals surface area contributed by atoms with E-state index in [1.807, 2.05) is 0 Å². The highest BCUT2D eigenvalue weighted by atomic mass is 32.2. The second kappa shape index (κ2) is 9.11. The summed E-state index contributed by atoms with van der Waals surface area (Å²) in [6.45, 7) is 9.07. The Bertz CT molecular complexity index is 980. The highest BCUT2D eigenvalue weighted by Gasteiger charge is 2.29. The lowest BCUT2D eigenvalue weighted by molar-refractivity contribution is 0.102. The van der Waals surface area contributed by atoms with Crippen LogP contribution in [0.1, 0.15) is 49.5 Å². The molecule has 1 N–H and O–H groups in total. The van der Waals surface area contributed by atoms with E-state index in [0.717, 1.165) is 17.2 Å². The molecule has 1 aromatic carbocycles. The Balaban J connectivity index is 1.79. The summed E-state index contributed by atoms with van der Waals surface area (Å²) in [6.07, 6.45) is 1.71. The first-order chi connectivity index (χ1) is 13.7. The van der Waals surface area contributed by atoms with E-state index < -0.39 is 10.0 Å². The molecule has 0 atom stereocenters. The standard InChI is InChI=1S/C19H26N4O3S3/c1-12(2)27-19-22-21-18(28-19)20-17(24)16-11-15(6-5-14(16)4)29(25,26)23-9-7-13(3)8-10-23/h5-6,11-13H,7-10H2,1-4H3,(H,20,21,24). The molecule has 0 saturated carbocycles. The number of nitrogens with zero attached hydrogens (tertiary/aromatic N) is 3. The molecular formula is C19H26N4O3S3. The normalized spacial score (nSPS) is 16.3. The molecule has 2 heterocycles. The SMILES string of the molecule is Cc1ccc(S(=O)(=O)N2CCC(C)CC2)cc1C(=O)Nc1nnc(SC(C)C)s1. The van der Waals surface area contributed by atoms with E-state index in [-0.39, 0.29) is 10.8 Å². The van der Waals surface area contributed by atoms with Crippen molar-refractivity contribution in [2.45, 2.75) is 55.0 Å². The lowest BCUT2D eigenvalue weighted by Gasteiger charge is -2.29. The zero-order valence-electron chi connectivity index (χ0n) is 17.0. The summed E-state index contributed by atoms with van der Waals surface area (Å²) >= 11 is 2.88. The smallest absolute Gasteiger partial charge is 0.257 e. The van der Waals surface area contributed by atoms with E-state index >= 15 is 0 Å². The third kappa shape index (κ3) is 5.36. The fourth-order valence-corrected chi connectivity index (χ4v) is 6.52. The van der Waals surface area contributed by atoms with Crippen LogP contribution in [0.15, 0.2) is 27.4 Å². The van der Waals surface area contributed by atoms with Crippen molar-refractivity contribution in [1.29, 1.82) is 0 Å². The quantitative estimate of drug-likeness (QED) is 0.523. The number of benzene rings is 1. The molecule has 3 rings (SSSR count). The lowest BCUT2D eigenvalue weighted by atomic mass is 10.0. The van der Waals surface area contributed by atoms with Gasteiger partial charge >= 0.3 is 0 Å². The maximum atomic E-state index is 13.0. The first-order valence-corrected chi connectivity index (χ1v) is 12.7. The lowest BCUT2D eigenvalue weighted by Crippen LogP contribution is -2.38. The van der Waals surface area contributed by atoms with Gasteiger partial charge in [0.05, 0.1) is 4.90 Å². The second-order valence-corrected chi connectivity index (χ2v) is 12.3. The fourth-order valence-electron chi connectivity index (χ4n) is 3.05. The van der Waals surface area contributed by atoms with Gasteiger partial charge in [0.15, 0.2) is 4.34 Å². The van der Waals surface area contributed by atoms with Crippen molar-refractivity contribution in [2.24, 2.45) is 5.92 Å². The Morgan fingerprint density at radius 2 is 1.97 bits per heavy atom. The Hall–Kier alpha value is -1.49. The van der Waals surface area contributed by atoms with Crippen LogP contribution in [0.3, 0.4) is 0 Å². The Morgan fingerprint density at radius 3 is 2.62 bits per heavy atom. The van der Waals surface area contributed by atoms with Gasteiger partial charge in [-0.3, -0.25) is 10.1 Å². The number of thioether (sulfide) groups is 1. The maximum absolute atomic E-state index is 13.0. The van der Waals surface area contributed by atoms with Crippen LogP contribution in [-0.4, -0.2) is 47.2 Å². The summed E-state index contributed by atoms with van der Waals surface area (Å²) in [6, 6.07) is 4.71. The minimum atomic E-state index is -3.62. The molecule has 0 unspecified atom stereocenters. The molecule has 0 aliphatic carbocycles. The number of nitrogens with one attached hydrogen (secondary N) is 1. The first-order valence-electron chi connectivity index (χ1n) is 9.59. The molecule has 7 nitrogen and oxygen atoms in total. The van der Waals surface area contributed by atoms with E-state index in [0.29, 0.717) is 40.5 Å². The highest BCUT2D eigenvalue weighted by Crippen LogP contribution is 2.29. The van der Waals surface area contributed by atoms with Gasteiger partial charge in [-0.05, 0) is 43.4 Å². The predicted molar refractivity (Wildman–Crippen MR) is 117 cm³/mol. The summed E-state index contributed by atoms with van der Waals surface area (Å²) < 4.78 is 28.3. The molecule has 1 aliphatic rings.